The van der Waals surface area contributed by atoms with E-state index in [9.17, 15) is 0 Å². The Morgan fingerprint density at radius 2 is 1.41 bits per heavy atom. The Labute approximate surface area is 235 Å². The summed E-state index contributed by atoms with van der Waals surface area (Å²) in [5.41, 5.74) is 14.1. The molecule has 3 heteroatoms. The van der Waals surface area contributed by atoms with E-state index in [4.69, 9.17) is 8.83 Å². The fourth-order valence-corrected chi connectivity index (χ4v) is 7.86. The molecule has 2 aliphatic rings. The van der Waals surface area contributed by atoms with Crippen molar-refractivity contribution < 1.29 is 8.83 Å². The molecule has 5 aromatic carbocycles. The predicted molar refractivity (Wildman–Crippen MR) is 168 cm³/mol. The normalized spacial score (nSPS) is 15.1. The minimum Gasteiger partial charge on any atom is -0.456 e. The molecule has 0 saturated heterocycles. The second kappa shape index (κ2) is 7.18. The van der Waals surface area contributed by atoms with Crippen LogP contribution in [0.25, 0.3) is 77.7 Å². The maximum Gasteiger partial charge on any atom is 0.135 e. The molecule has 2 aliphatic carbocycles. The summed E-state index contributed by atoms with van der Waals surface area (Å²) in [6.45, 7) is 4.74. The quantitative estimate of drug-likeness (QED) is 0.213. The highest BCUT2D eigenvalue weighted by molar-refractivity contribution is 6.14. The van der Waals surface area contributed by atoms with Crippen LogP contribution in [0.2, 0.25) is 0 Å². The van der Waals surface area contributed by atoms with E-state index in [1.807, 2.05) is 12.1 Å². The minimum atomic E-state index is -0.175. The summed E-state index contributed by atoms with van der Waals surface area (Å²) in [6, 6.07) is 32.6. The molecular weight excluding hydrogens is 502 g/mol. The van der Waals surface area contributed by atoms with Gasteiger partial charge in [-0.25, -0.2) is 0 Å². The van der Waals surface area contributed by atoms with Crippen LogP contribution in [0.1, 0.15) is 36.2 Å². The van der Waals surface area contributed by atoms with E-state index in [1.54, 1.807) is 0 Å². The first-order valence-electron chi connectivity index (χ1n) is 14.3. The number of benzene rings is 5. The maximum absolute atomic E-state index is 6.35. The average Bonchev–Trinajstić information content (AvgIpc) is 3.78. The van der Waals surface area contributed by atoms with Crippen molar-refractivity contribution in [3.8, 4) is 16.8 Å². The highest BCUT2D eigenvalue weighted by atomic mass is 16.3. The van der Waals surface area contributed by atoms with Crippen LogP contribution in [0.3, 0.4) is 0 Å². The van der Waals surface area contributed by atoms with Gasteiger partial charge in [0.1, 0.15) is 22.3 Å². The molecule has 3 aromatic heterocycles. The molecule has 3 nitrogen and oxygen atoms in total. The summed E-state index contributed by atoms with van der Waals surface area (Å²) in [7, 11) is 0. The summed E-state index contributed by atoms with van der Waals surface area (Å²) < 4.78 is 15.0. The smallest absolute Gasteiger partial charge is 0.135 e. The van der Waals surface area contributed by atoms with Crippen LogP contribution >= 0.6 is 0 Å². The largest absolute Gasteiger partial charge is 0.456 e. The fourth-order valence-electron chi connectivity index (χ4n) is 7.86. The number of nitrogens with zero attached hydrogens (tertiary/aromatic N) is 1. The van der Waals surface area contributed by atoms with E-state index < -0.39 is 0 Å². The summed E-state index contributed by atoms with van der Waals surface area (Å²) >= 11 is 0. The van der Waals surface area contributed by atoms with Gasteiger partial charge in [-0.3, -0.25) is 0 Å². The molecule has 0 spiro atoms. The third kappa shape index (κ3) is 2.56. The highest BCUT2D eigenvalue weighted by Gasteiger charge is 2.40. The molecule has 0 atom stereocenters. The van der Waals surface area contributed by atoms with Crippen LogP contribution in [-0.2, 0) is 11.8 Å². The van der Waals surface area contributed by atoms with Crippen molar-refractivity contribution in [2.75, 3.05) is 0 Å². The van der Waals surface area contributed by atoms with Crippen molar-refractivity contribution in [3.05, 3.63) is 119 Å². The molecule has 3 heterocycles. The Hall–Kier alpha value is -5.02. The third-order valence-corrected chi connectivity index (χ3v) is 9.60. The first-order chi connectivity index (χ1) is 20.1. The number of rotatable bonds is 1. The van der Waals surface area contributed by atoms with Gasteiger partial charge in [0.05, 0.1) is 11.2 Å². The van der Waals surface area contributed by atoms with Gasteiger partial charge < -0.3 is 13.4 Å². The zero-order chi connectivity index (χ0) is 27.0. The zero-order valence-electron chi connectivity index (χ0n) is 22.8. The molecule has 0 saturated carbocycles. The van der Waals surface area contributed by atoms with Crippen molar-refractivity contribution in [1.82, 2.24) is 4.57 Å². The molecule has 0 amide bonds. The van der Waals surface area contributed by atoms with Crippen LogP contribution in [0.5, 0.6) is 0 Å². The third-order valence-electron chi connectivity index (χ3n) is 9.60. The highest BCUT2D eigenvalue weighted by Crippen LogP contribution is 2.56. The van der Waals surface area contributed by atoms with Crippen LogP contribution in [-0.4, -0.2) is 4.57 Å². The van der Waals surface area contributed by atoms with Crippen molar-refractivity contribution in [2.45, 2.75) is 25.7 Å². The zero-order valence-corrected chi connectivity index (χ0v) is 22.8. The Morgan fingerprint density at radius 1 is 0.683 bits per heavy atom. The van der Waals surface area contributed by atoms with E-state index in [0.29, 0.717) is 0 Å². The molecule has 0 aliphatic heterocycles. The second-order valence-corrected chi connectivity index (χ2v) is 12.1. The van der Waals surface area contributed by atoms with Crippen LogP contribution in [0.15, 0.2) is 106 Å². The minimum absolute atomic E-state index is 0.175. The number of hydrogen-bond donors (Lipinski definition) is 0. The van der Waals surface area contributed by atoms with Gasteiger partial charge in [-0.2, -0.15) is 0 Å². The SMILES string of the molecule is CC1(C)c2ccc3c4c(n(-c5ccc6oc7ccccc7c6c5)c3c2-c2ccc3oc5ccccc5c3c21)C=CC4. The van der Waals surface area contributed by atoms with E-state index >= 15 is 0 Å². The van der Waals surface area contributed by atoms with E-state index in [-0.39, 0.29) is 5.41 Å². The Bertz CT molecular complexity index is 2480. The Kier molecular flexibility index (Phi) is 3.81. The molecule has 0 unspecified atom stereocenters. The van der Waals surface area contributed by atoms with Gasteiger partial charge in [0.2, 0.25) is 0 Å². The van der Waals surface area contributed by atoms with Gasteiger partial charge in [0.25, 0.3) is 0 Å². The fraction of sp³-hybridized carbons (Fsp3) is 0.105. The van der Waals surface area contributed by atoms with Gasteiger partial charge in [-0.15, -0.1) is 0 Å². The maximum atomic E-state index is 6.35. The van der Waals surface area contributed by atoms with Gasteiger partial charge in [0.15, 0.2) is 0 Å². The van der Waals surface area contributed by atoms with Crippen LogP contribution in [0.4, 0.5) is 0 Å². The van der Waals surface area contributed by atoms with Gasteiger partial charge >= 0.3 is 0 Å². The molecule has 10 rings (SSSR count). The van der Waals surface area contributed by atoms with E-state index in [1.165, 1.54) is 55.2 Å². The van der Waals surface area contributed by atoms with Gasteiger partial charge in [-0.05, 0) is 71.1 Å². The summed E-state index contributed by atoms with van der Waals surface area (Å²) in [5, 5.41) is 6.06. The monoisotopic (exact) mass is 527 g/mol. The number of furan rings is 2. The molecule has 0 fully saturated rings. The lowest BCUT2D eigenvalue weighted by atomic mass is 9.80. The van der Waals surface area contributed by atoms with Crippen molar-refractivity contribution in [1.29, 1.82) is 0 Å². The number of para-hydroxylation sites is 2. The molecule has 0 N–H and O–H groups in total. The summed E-state index contributed by atoms with van der Waals surface area (Å²) in [6.07, 6.45) is 5.54. The molecule has 41 heavy (non-hydrogen) atoms. The molecule has 0 bridgehead atoms. The lowest BCUT2D eigenvalue weighted by molar-refractivity contribution is 0.657. The van der Waals surface area contributed by atoms with Crippen LogP contribution in [0, 0.1) is 0 Å². The first-order valence-corrected chi connectivity index (χ1v) is 14.3. The van der Waals surface area contributed by atoms with Crippen molar-refractivity contribution in [3.63, 3.8) is 0 Å². The second-order valence-electron chi connectivity index (χ2n) is 12.1. The summed E-state index contributed by atoms with van der Waals surface area (Å²) in [5.74, 6) is 0. The number of hydrogen-bond acceptors (Lipinski definition) is 2. The summed E-state index contributed by atoms with van der Waals surface area (Å²) in [4.78, 5) is 0. The Balaban J connectivity index is 1.35. The molecule has 8 aromatic rings. The van der Waals surface area contributed by atoms with Crippen molar-refractivity contribution in [2.24, 2.45) is 0 Å². The number of allylic oxidation sites excluding steroid dienone is 1. The van der Waals surface area contributed by atoms with E-state index in [2.05, 4.69) is 109 Å². The molecule has 194 valence electrons. The average molecular weight is 528 g/mol. The first kappa shape index (κ1) is 21.8. The lowest BCUT2D eigenvalue weighted by Gasteiger charge is -2.22. The van der Waals surface area contributed by atoms with Gasteiger partial charge in [-0.1, -0.05) is 74.5 Å². The topological polar surface area (TPSA) is 31.2 Å². The lowest BCUT2D eigenvalue weighted by Crippen LogP contribution is -2.15. The van der Waals surface area contributed by atoms with Crippen LogP contribution < -0.4 is 0 Å². The molecular formula is C38H25NO2. The van der Waals surface area contributed by atoms with E-state index in [0.717, 1.165) is 45.2 Å². The number of aromatic nitrogens is 1. The number of fused-ring (bicyclic) bond motifs is 14. The van der Waals surface area contributed by atoms with Gasteiger partial charge in [0, 0.05) is 43.6 Å². The predicted octanol–water partition coefficient (Wildman–Crippen LogP) is 10.3. The standard InChI is InChI=1S/C38H25NO2/c1-38(2)28-17-15-24-22-10-7-11-29(22)39(21-14-18-32-27(20-21)23-8-3-5-12-30(23)40-32)37(24)34(28)26-16-19-33-35(36(26)38)25-9-4-6-13-31(25)41-33/h3-9,11-20H,10H2,1-2H3. The Morgan fingerprint density at radius 3 is 2.29 bits per heavy atom. The van der Waals surface area contributed by atoms with Crippen molar-refractivity contribution >= 4 is 60.9 Å². The molecule has 0 radical (unpaired) electrons.